The summed E-state index contributed by atoms with van der Waals surface area (Å²) in [7, 11) is 1.79. The number of benzene rings is 1. The van der Waals surface area contributed by atoms with Gasteiger partial charge < -0.3 is 4.74 Å². The predicted octanol–water partition coefficient (Wildman–Crippen LogP) is 5.01. The molecule has 0 saturated carbocycles. The number of fused-ring (bicyclic) bond motifs is 1. The molecule has 3 rings (SSSR count). The Morgan fingerprint density at radius 1 is 1.27 bits per heavy atom. The monoisotopic (exact) mass is 295 g/mol. The fourth-order valence-electron chi connectivity index (χ4n) is 3.49. The summed E-state index contributed by atoms with van der Waals surface area (Å²) in [4.78, 5) is 4.54. The van der Waals surface area contributed by atoms with Gasteiger partial charge in [0, 0.05) is 31.3 Å². The smallest absolute Gasteiger partial charge is 0.0864 e. The first kappa shape index (κ1) is 15.2. The van der Waals surface area contributed by atoms with E-state index in [4.69, 9.17) is 4.74 Å². The highest BCUT2D eigenvalue weighted by Crippen LogP contribution is 2.38. The summed E-state index contributed by atoms with van der Waals surface area (Å²) >= 11 is 0. The summed E-state index contributed by atoms with van der Waals surface area (Å²) in [5.74, 6) is 1.09. The number of hydrogen-bond donors (Lipinski definition) is 0. The van der Waals surface area contributed by atoms with Gasteiger partial charge in [0.1, 0.15) is 0 Å². The SMILES string of the molecule is CCC(CC(C)c1ccc2c(c1)CC2OC)c1ccccn1. The Balaban J connectivity index is 1.71. The van der Waals surface area contributed by atoms with E-state index < -0.39 is 0 Å². The van der Waals surface area contributed by atoms with E-state index in [1.807, 2.05) is 12.3 Å². The topological polar surface area (TPSA) is 22.1 Å². The van der Waals surface area contributed by atoms with Crippen molar-refractivity contribution in [3.05, 3.63) is 65.0 Å². The third kappa shape index (κ3) is 2.93. The van der Waals surface area contributed by atoms with E-state index in [1.54, 1.807) is 7.11 Å². The molecular weight excluding hydrogens is 270 g/mol. The Hall–Kier alpha value is -1.67. The van der Waals surface area contributed by atoms with Crippen molar-refractivity contribution in [2.75, 3.05) is 7.11 Å². The van der Waals surface area contributed by atoms with Crippen molar-refractivity contribution in [3.8, 4) is 0 Å². The summed E-state index contributed by atoms with van der Waals surface area (Å²) in [6.07, 6.45) is 5.57. The fourth-order valence-corrected chi connectivity index (χ4v) is 3.49. The molecule has 1 aromatic carbocycles. The maximum absolute atomic E-state index is 5.44. The van der Waals surface area contributed by atoms with Crippen LogP contribution in [0.2, 0.25) is 0 Å². The molecule has 1 aliphatic rings. The minimum Gasteiger partial charge on any atom is -0.376 e. The lowest BCUT2D eigenvalue weighted by Crippen LogP contribution is -2.19. The summed E-state index contributed by atoms with van der Waals surface area (Å²) in [5, 5.41) is 0. The lowest BCUT2D eigenvalue weighted by molar-refractivity contribution is 0.0844. The zero-order chi connectivity index (χ0) is 15.5. The number of hydrogen-bond acceptors (Lipinski definition) is 2. The van der Waals surface area contributed by atoms with Gasteiger partial charge in [0.05, 0.1) is 6.10 Å². The van der Waals surface area contributed by atoms with Crippen molar-refractivity contribution in [2.24, 2.45) is 0 Å². The largest absolute Gasteiger partial charge is 0.376 e. The molecule has 1 aromatic heterocycles. The third-order valence-corrected chi connectivity index (χ3v) is 5.01. The van der Waals surface area contributed by atoms with Crippen LogP contribution in [0.4, 0.5) is 0 Å². The number of rotatable bonds is 6. The number of ether oxygens (including phenoxy) is 1. The highest BCUT2D eigenvalue weighted by Gasteiger charge is 2.26. The molecule has 22 heavy (non-hydrogen) atoms. The van der Waals surface area contributed by atoms with Crippen LogP contribution in [0.15, 0.2) is 42.6 Å². The first-order valence-corrected chi connectivity index (χ1v) is 8.29. The summed E-state index contributed by atoms with van der Waals surface area (Å²) in [6.45, 7) is 4.59. The van der Waals surface area contributed by atoms with Crippen LogP contribution in [-0.2, 0) is 11.2 Å². The minimum absolute atomic E-state index is 0.316. The second-order valence-electron chi connectivity index (χ2n) is 6.38. The van der Waals surface area contributed by atoms with Crippen LogP contribution in [0.3, 0.4) is 0 Å². The lowest BCUT2D eigenvalue weighted by atomic mass is 9.80. The molecule has 0 bridgehead atoms. The van der Waals surface area contributed by atoms with Gasteiger partial charge in [-0.05, 0) is 47.6 Å². The molecule has 2 aromatic rings. The molecule has 3 atom stereocenters. The molecule has 0 fully saturated rings. The Morgan fingerprint density at radius 2 is 2.14 bits per heavy atom. The molecule has 0 N–H and O–H groups in total. The average Bonchev–Trinajstić information content (AvgIpc) is 2.54. The molecule has 0 aliphatic heterocycles. The van der Waals surface area contributed by atoms with E-state index in [2.05, 4.69) is 49.2 Å². The lowest BCUT2D eigenvalue weighted by Gasteiger charge is -2.30. The summed E-state index contributed by atoms with van der Waals surface area (Å²) in [5.41, 5.74) is 5.50. The Kier molecular flexibility index (Phi) is 4.58. The fraction of sp³-hybridized carbons (Fsp3) is 0.450. The van der Waals surface area contributed by atoms with Crippen molar-refractivity contribution in [2.45, 2.75) is 51.0 Å². The number of nitrogens with zero attached hydrogens (tertiary/aromatic N) is 1. The van der Waals surface area contributed by atoms with Gasteiger partial charge in [-0.15, -0.1) is 0 Å². The highest BCUT2D eigenvalue weighted by molar-refractivity contribution is 5.42. The first-order chi connectivity index (χ1) is 10.7. The van der Waals surface area contributed by atoms with E-state index in [0.29, 0.717) is 17.9 Å². The normalized spacial score (nSPS) is 19.1. The van der Waals surface area contributed by atoms with Gasteiger partial charge in [-0.2, -0.15) is 0 Å². The second-order valence-corrected chi connectivity index (χ2v) is 6.38. The summed E-state index contributed by atoms with van der Waals surface area (Å²) in [6, 6.07) is 13.1. The Bertz CT molecular complexity index is 623. The number of aromatic nitrogens is 1. The van der Waals surface area contributed by atoms with Crippen LogP contribution < -0.4 is 0 Å². The van der Waals surface area contributed by atoms with Gasteiger partial charge in [-0.3, -0.25) is 4.98 Å². The third-order valence-electron chi connectivity index (χ3n) is 5.01. The van der Waals surface area contributed by atoms with Crippen molar-refractivity contribution in [1.29, 1.82) is 0 Å². The van der Waals surface area contributed by atoms with E-state index in [9.17, 15) is 0 Å². The van der Waals surface area contributed by atoms with Crippen LogP contribution in [0.5, 0.6) is 0 Å². The molecule has 116 valence electrons. The van der Waals surface area contributed by atoms with Crippen molar-refractivity contribution in [1.82, 2.24) is 4.98 Å². The van der Waals surface area contributed by atoms with Crippen LogP contribution in [0, 0.1) is 0 Å². The Morgan fingerprint density at radius 3 is 2.77 bits per heavy atom. The van der Waals surface area contributed by atoms with Crippen LogP contribution in [0.1, 0.15) is 67.0 Å². The van der Waals surface area contributed by atoms with Gasteiger partial charge in [-0.25, -0.2) is 0 Å². The average molecular weight is 295 g/mol. The highest BCUT2D eigenvalue weighted by atomic mass is 16.5. The van der Waals surface area contributed by atoms with Gasteiger partial charge in [-0.1, -0.05) is 38.1 Å². The van der Waals surface area contributed by atoms with Crippen molar-refractivity contribution < 1.29 is 4.74 Å². The van der Waals surface area contributed by atoms with Crippen LogP contribution in [-0.4, -0.2) is 12.1 Å². The zero-order valence-corrected chi connectivity index (χ0v) is 13.8. The van der Waals surface area contributed by atoms with Gasteiger partial charge in [0.25, 0.3) is 0 Å². The molecule has 0 saturated heterocycles. The molecule has 1 aliphatic carbocycles. The van der Waals surface area contributed by atoms with Crippen molar-refractivity contribution in [3.63, 3.8) is 0 Å². The first-order valence-electron chi connectivity index (χ1n) is 8.29. The van der Waals surface area contributed by atoms with E-state index in [1.165, 1.54) is 22.4 Å². The van der Waals surface area contributed by atoms with Gasteiger partial charge in [0.2, 0.25) is 0 Å². The number of methoxy groups -OCH3 is 1. The molecule has 2 heteroatoms. The van der Waals surface area contributed by atoms with E-state index in [0.717, 1.165) is 19.3 Å². The van der Waals surface area contributed by atoms with Crippen LogP contribution in [0.25, 0.3) is 0 Å². The molecule has 0 radical (unpaired) electrons. The van der Waals surface area contributed by atoms with Gasteiger partial charge >= 0.3 is 0 Å². The molecular formula is C20H25NO. The van der Waals surface area contributed by atoms with Crippen molar-refractivity contribution >= 4 is 0 Å². The number of pyridine rings is 1. The molecule has 1 heterocycles. The Labute approximate surface area is 133 Å². The van der Waals surface area contributed by atoms with Gasteiger partial charge in [0.15, 0.2) is 0 Å². The molecule has 0 amide bonds. The van der Waals surface area contributed by atoms with E-state index >= 15 is 0 Å². The summed E-state index contributed by atoms with van der Waals surface area (Å²) < 4.78 is 5.44. The zero-order valence-electron chi connectivity index (χ0n) is 13.8. The quantitative estimate of drug-likeness (QED) is 0.747. The van der Waals surface area contributed by atoms with Crippen LogP contribution >= 0.6 is 0 Å². The maximum Gasteiger partial charge on any atom is 0.0864 e. The van der Waals surface area contributed by atoms with E-state index in [-0.39, 0.29) is 0 Å². The second kappa shape index (κ2) is 6.62. The molecule has 3 unspecified atom stereocenters. The maximum atomic E-state index is 5.44. The standard InChI is InChI=1S/C20H25NO/c1-4-15(19-7-5-6-10-21-19)11-14(2)16-8-9-18-17(12-16)13-20(18)22-3/h5-10,12,14-15,20H,4,11,13H2,1-3H3. The molecule has 0 spiro atoms. The molecule has 2 nitrogen and oxygen atoms in total. The predicted molar refractivity (Wildman–Crippen MR) is 90.2 cm³/mol. The minimum atomic E-state index is 0.316.